The molecule has 0 fully saturated rings. The highest BCUT2D eigenvalue weighted by Gasteiger charge is 2.28. The van der Waals surface area contributed by atoms with Crippen molar-refractivity contribution in [2.45, 2.75) is 12.6 Å². The lowest BCUT2D eigenvalue weighted by atomic mass is 10.3. The van der Waals surface area contributed by atoms with Crippen LogP contribution in [0.1, 0.15) is 6.42 Å². The highest BCUT2D eigenvalue weighted by atomic mass is 19.4. The normalized spacial score (nSPS) is 11.3. The molecule has 0 aromatic heterocycles. The second kappa shape index (κ2) is 6.34. The summed E-state index contributed by atoms with van der Waals surface area (Å²) in [5.41, 5.74) is 6.16. The van der Waals surface area contributed by atoms with Gasteiger partial charge in [0.25, 0.3) is 0 Å². The van der Waals surface area contributed by atoms with Gasteiger partial charge in [-0.1, -0.05) is 0 Å². The van der Waals surface area contributed by atoms with Crippen LogP contribution in [0.25, 0.3) is 0 Å². The van der Waals surface area contributed by atoms with E-state index in [1.807, 2.05) is 0 Å². The van der Waals surface area contributed by atoms with Crippen LogP contribution in [-0.4, -0.2) is 25.9 Å². The molecular weight excluding hydrogens is 233 g/mol. The Kier molecular flexibility index (Phi) is 5.09. The lowest BCUT2D eigenvalue weighted by molar-refractivity contribution is -0.153. The molecule has 3 N–H and O–H groups in total. The number of hydrogen-bond donors (Lipinski definition) is 2. The molecule has 0 saturated carbocycles. The second-order valence-electron chi connectivity index (χ2n) is 3.50. The van der Waals surface area contributed by atoms with Crippen LogP contribution < -0.4 is 15.8 Å². The maximum Gasteiger partial charge on any atom is 0.422 e. The molecule has 0 saturated heterocycles. The van der Waals surface area contributed by atoms with Gasteiger partial charge in [-0.05, 0) is 37.2 Å². The van der Waals surface area contributed by atoms with E-state index in [1.165, 1.54) is 12.1 Å². The molecule has 0 unspecified atom stereocenters. The Morgan fingerprint density at radius 1 is 1.18 bits per heavy atom. The van der Waals surface area contributed by atoms with Crippen LogP contribution in [0.2, 0.25) is 0 Å². The zero-order chi connectivity index (χ0) is 12.7. The molecule has 0 atom stereocenters. The molecule has 0 amide bonds. The van der Waals surface area contributed by atoms with Crippen LogP contribution in [-0.2, 0) is 0 Å². The molecule has 96 valence electrons. The van der Waals surface area contributed by atoms with Gasteiger partial charge in [0.1, 0.15) is 5.75 Å². The first-order valence-corrected chi connectivity index (χ1v) is 5.25. The molecule has 1 rings (SSSR count). The monoisotopic (exact) mass is 248 g/mol. The zero-order valence-electron chi connectivity index (χ0n) is 9.26. The summed E-state index contributed by atoms with van der Waals surface area (Å²) in [5.74, 6) is 0.201. The Balaban J connectivity index is 2.39. The van der Waals surface area contributed by atoms with Gasteiger partial charge in [-0.2, -0.15) is 13.2 Å². The van der Waals surface area contributed by atoms with Crippen molar-refractivity contribution in [2.75, 3.05) is 25.0 Å². The number of hydrogen-bond acceptors (Lipinski definition) is 3. The van der Waals surface area contributed by atoms with Gasteiger partial charge in [0, 0.05) is 12.2 Å². The number of benzene rings is 1. The van der Waals surface area contributed by atoms with Gasteiger partial charge in [0.2, 0.25) is 0 Å². The smallest absolute Gasteiger partial charge is 0.422 e. The van der Waals surface area contributed by atoms with Gasteiger partial charge in [-0.25, -0.2) is 0 Å². The highest BCUT2D eigenvalue weighted by molar-refractivity contribution is 5.46. The summed E-state index contributed by atoms with van der Waals surface area (Å²) in [6, 6.07) is 6.33. The lowest BCUT2D eigenvalue weighted by Gasteiger charge is -2.10. The SMILES string of the molecule is NCCCNc1ccc(OCC(F)(F)F)cc1. The molecule has 0 spiro atoms. The van der Waals surface area contributed by atoms with E-state index in [9.17, 15) is 13.2 Å². The second-order valence-corrected chi connectivity index (χ2v) is 3.50. The number of ether oxygens (including phenoxy) is 1. The number of nitrogens with two attached hydrogens (primary N) is 1. The lowest BCUT2D eigenvalue weighted by Crippen LogP contribution is -2.19. The molecule has 0 heterocycles. The van der Waals surface area contributed by atoms with Crippen LogP contribution >= 0.6 is 0 Å². The van der Waals surface area contributed by atoms with Crippen molar-refractivity contribution >= 4 is 5.69 Å². The number of anilines is 1. The molecule has 0 bridgehead atoms. The quantitative estimate of drug-likeness (QED) is 0.760. The molecule has 0 aliphatic heterocycles. The van der Waals surface area contributed by atoms with Crippen LogP contribution in [0.15, 0.2) is 24.3 Å². The summed E-state index contributed by atoms with van der Waals surface area (Å²) in [6.45, 7) is 0.0615. The van der Waals surface area contributed by atoms with Crippen molar-refractivity contribution in [3.63, 3.8) is 0 Å². The fraction of sp³-hybridized carbons (Fsp3) is 0.455. The third-order valence-corrected chi connectivity index (χ3v) is 1.97. The van der Waals surface area contributed by atoms with Gasteiger partial charge in [0.05, 0.1) is 0 Å². The number of nitrogens with one attached hydrogen (secondary N) is 1. The Morgan fingerprint density at radius 2 is 1.82 bits per heavy atom. The standard InChI is InChI=1S/C11H15F3N2O/c12-11(13,14)8-17-10-4-2-9(3-5-10)16-7-1-6-15/h2-5,16H,1,6-8,15H2. The summed E-state index contributed by atoms with van der Waals surface area (Å²) >= 11 is 0. The Hall–Kier alpha value is -1.43. The van der Waals surface area contributed by atoms with E-state index in [1.54, 1.807) is 12.1 Å². The molecule has 3 nitrogen and oxygen atoms in total. The number of rotatable bonds is 6. The van der Waals surface area contributed by atoms with Crippen molar-refractivity contribution in [3.8, 4) is 5.75 Å². The van der Waals surface area contributed by atoms with E-state index in [-0.39, 0.29) is 5.75 Å². The largest absolute Gasteiger partial charge is 0.484 e. The van der Waals surface area contributed by atoms with E-state index in [4.69, 9.17) is 5.73 Å². The van der Waals surface area contributed by atoms with E-state index < -0.39 is 12.8 Å². The topological polar surface area (TPSA) is 47.3 Å². The molecule has 1 aromatic rings. The van der Waals surface area contributed by atoms with Gasteiger partial charge < -0.3 is 15.8 Å². The zero-order valence-corrected chi connectivity index (χ0v) is 9.26. The highest BCUT2D eigenvalue weighted by Crippen LogP contribution is 2.20. The van der Waals surface area contributed by atoms with Crippen molar-refractivity contribution in [1.82, 2.24) is 0 Å². The van der Waals surface area contributed by atoms with E-state index in [2.05, 4.69) is 10.1 Å². The van der Waals surface area contributed by atoms with Crippen LogP contribution in [0.4, 0.5) is 18.9 Å². The average molecular weight is 248 g/mol. The van der Waals surface area contributed by atoms with Crippen LogP contribution in [0.5, 0.6) is 5.75 Å². The van der Waals surface area contributed by atoms with Crippen molar-refractivity contribution in [3.05, 3.63) is 24.3 Å². The van der Waals surface area contributed by atoms with E-state index in [0.717, 1.165) is 18.7 Å². The van der Waals surface area contributed by atoms with Gasteiger partial charge in [-0.3, -0.25) is 0 Å². The molecule has 6 heteroatoms. The predicted octanol–water partition coefficient (Wildman–Crippen LogP) is 2.39. The first-order valence-electron chi connectivity index (χ1n) is 5.25. The van der Waals surface area contributed by atoms with Crippen molar-refractivity contribution in [1.29, 1.82) is 0 Å². The molecule has 17 heavy (non-hydrogen) atoms. The molecule has 0 aliphatic carbocycles. The minimum absolute atomic E-state index is 0.201. The molecule has 0 radical (unpaired) electrons. The van der Waals surface area contributed by atoms with E-state index >= 15 is 0 Å². The summed E-state index contributed by atoms with van der Waals surface area (Å²) in [4.78, 5) is 0. The number of alkyl halides is 3. The van der Waals surface area contributed by atoms with Gasteiger partial charge >= 0.3 is 6.18 Å². The third-order valence-electron chi connectivity index (χ3n) is 1.97. The Bertz CT molecular complexity index is 324. The van der Waals surface area contributed by atoms with E-state index in [0.29, 0.717) is 6.54 Å². The fourth-order valence-electron chi connectivity index (χ4n) is 1.17. The fourth-order valence-corrected chi connectivity index (χ4v) is 1.17. The summed E-state index contributed by atoms with van der Waals surface area (Å²) in [5, 5.41) is 3.09. The molecule has 0 aliphatic rings. The minimum atomic E-state index is -4.31. The van der Waals surface area contributed by atoms with Crippen LogP contribution in [0, 0.1) is 0 Å². The predicted molar refractivity (Wildman–Crippen MR) is 60.2 cm³/mol. The Morgan fingerprint density at radius 3 is 2.35 bits per heavy atom. The summed E-state index contributed by atoms with van der Waals surface area (Å²) in [6.07, 6.45) is -3.47. The minimum Gasteiger partial charge on any atom is -0.484 e. The first kappa shape index (κ1) is 13.6. The van der Waals surface area contributed by atoms with Crippen molar-refractivity contribution < 1.29 is 17.9 Å². The third kappa shape index (κ3) is 6.01. The van der Waals surface area contributed by atoms with Crippen molar-refractivity contribution in [2.24, 2.45) is 5.73 Å². The number of halogens is 3. The first-order chi connectivity index (χ1) is 8.01. The molecular formula is C11H15F3N2O. The summed E-state index contributed by atoms with van der Waals surface area (Å²) < 4.78 is 40.2. The maximum atomic E-state index is 11.9. The summed E-state index contributed by atoms with van der Waals surface area (Å²) in [7, 11) is 0. The van der Waals surface area contributed by atoms with Gasteiger partial charge in [0.15, 0.2) is 6.61 Å². The average Bonchev–Trinajstić information content (AvgIpc) is 2.27. The van der Waals surface area contributed by atoms with Gasteiger partial charge in [-0.15, -0.1) is 0 Å². The van der Waals surface area contributed by atoms with Crippen LogP contribution in [0.3, 0.4) is 0 Å². The Labute approximate surface area is 97.8 Å². The molecule has 1 aromatic carbocycles. The maximum absolute atomic E-state index is 11.9.